The molecule has 1 N–H and O–H groups in total. The summed E-state index contributed by atoms with van der Waals surface area (Å²) >= 11 is 0. The van der Waals surface area contributed by atoms with Gasteiger partial charge < -0.3 is 9.84 Å². The Morgan fingerprint density at radius 1 is 1.33 bits per heavy atom. The van der Waals surface area contributed by atoms with E-state index in [1.165, 1.54) is 25.7 Å². The van der Waals surface area contributed by atoms with Crippen molar-refractivity contribution in [2.45, 2.75) is 70.6 Å². The van der Waals surface area contributed by atoms with Crippen LogP contribution in [0.15, 0.2) is 0 Å². The van der Waals surface area contributed by atoms with Crippen molar-refractivity contribution in [1.29, 1.82) is 0 Å². The van der Waals surface area contributed by atoms with Crippen molar-refractivity contribution in [3.8, 4) is 0 Å². The molecule has 4 unspecified atom stereocenters. The molecule has 0 aromatic carbocycles. The van der Waals surface area contributed by atoms with E-state index in [9.17, 15) is 5.11 Å². The number of ether oxygens (including phenoxy) is 1. The molecule has 0 aromatic rings. The van der Waals surface area contributed by atoms with Crippen molar-refractivity contribution < 1.29 is 9.84 Å². The minimum atomic E-state index is -0.122. The van der Waals surface area contributed by atoms with Gasteiger partial charge in [-0.1, -0.05) is 19.8 Å². The molecular formula is C15H29NO2. The molecule has 18 heavy (non-hydrogen) atoms. The minimum Gasteiger partial charge on any atom is -0.391 e. The number of nitrogens with zero attached hydrogens (tertiary/aromatic N) is 1. The lowest BCUT2D eigenvalue weighted by Crippen LogP contribution is -2.49. The fraction of sp³-hybridized carbons (Fsp3) is 1.00. The highest BCUT2D eigenvalue weighted by molar-refractivity contribution is 4.88. The average molecular weight is 255 g/mol. The summed E-state index contributed by atoms with van der Waals surface area (Å²) < 4.78 is 5.71. The fourth-order valence-corrected chi connectivity index (χ4v) is 3.61. The third-order valence-electron chi connectivity index (χ3n) is 4.54. The molecule has 1 heterocycles. The number of aliphatic hydroxyl groups is 1. The van der Waals surface area contributed by atoms with Gasteiger partial charge in [0.05, 0.1) is 12.2 Å². The lowest BCUT2D eigenvalue weighted by Gasteiger charge is -2.40. The van der Waals surface area contributed by atoms with Crippen molar-refractivity contribution in [2.75, 3.05) is 19.7 Å². The quantitative estimate of drug-likeness (QED) is 0.840. The maximum atomic E-state index is 10.3. The summed E-state index contributed by atoms with van der Waals surface area (Å²) in [6, 6.07) is 0.374. The first-order valence-electron chi connectivity index (χ1n) is 7.74. The summed E-state index contributed by atoms with van der Waals surface area (Å²) in [7, 11) is 0. The van der Waals surface area contributed by atoms with Crippen LogP contribution in [0.3, 0.4) is 0 Å². The van der Waals surface area contributed by atoms with E-state index in [-0.39, 0.29) is 6.10 Å². The number of hydrogen-bond donors (Lipinski definition) is 1. The minimum absolute atomic E-state index is 0.122. The molecule has 1 aliphatic carbocycles. The molecule has 1 saturated heterocycles. The van der Waals surface area contributed by atoms with Crippen LogP contribution in [0.1, 0.15) is 52.4 Å². The van der Waals surface area contributed by atoms with E-state index in [1.807, 2.05) is 0 Å². The third-order valence-corrected chi connectivity index (χ3v) is 4.54. The molecule has 0 aromatic heterocycles. The molecule has 3 nitrogen and oxygen atoms in total. The highest BCUT2D eigenvalue weighted by Gasteiger charge is 2.34. The Kier molecular flexibility index (Phi) is 5.46. The van der Waals surface area contributed by atoms with E-state index in [0.29, 0.717) is 12.1 Å². The van der Waals surface area contributed by atoms with Crippen molar-refractivity contribution in [1.82, 2.24) is 4.90 Å². The molecule has 0 spiro atoms. The second-order valence-corrected chi connectivity index (χ2v) is 6.13. The highest BCUT2D eigenvalue weighted by atomic mass is 16.5. The molecule has 1 saturated carbocycles. The van der Waals surface area contributed by atoms with Gasteiger partial charge in [0.2, 0.25) is 0 Å². The molecule has 3 heteroatoms. The molecule has 0 radical (unpaired) electrons. The van der Waals surface area contributed by atoms with Crippen LogP contribution in [0.25, 0.3) is 0 Å². The Balaban J connectivity index is 1.95. The van der Waals surface area contributed by atoms with Crippen molar-refractivity contribution >= 4 is 0 Å². The number of aliphatic hydroxyl groups excluding tert-OH is 1. The van der Waals surface area contributed by atoms with Crippen LogP contribution in [-0.4, -0.2) is 48.0 Å². The topological polar surface area (TPSA) is 32.7 Å². The maximum absolute atomic E-state index is 10.3. The molecular weight excluding hydrogens is 226 g/mol. The van der Waals surface area contributed by atoms with E-state index in [2.05, 4.69) is 18.7 Å². The summed E-state index contributed by atoms with van der Waals surface area (Å²) in [4.78, 5) is 2.49. The Labute approximate surface area is 112 Å². The van der Waals surface area contributed by atoms with Gasteiger partial charge in [0.15, 0.2) is 0 Å². The van der Waals surface area contributed by atoms with Crippen LogP contribution in [-0.2, 0) is 4.74 Å². The summed E-state index contributed by atoms with van der Waals surface area (Å²) in [6.07, 6.45) is 7.27. The van der Waals surface area contributed by atoms with E-state index < -0.39 is 0 Å². The first-order valence-corrected chi connectivity index (χ1v) is 7.74. The molecule has 0 bridgehead atoms. The second-order valence-electron chi connectivity index (χ2n) is 6.13. The summed E-state index contributed by atoms with van der Waals surface area (Å²) in [5.41, 5.74) is 0. The highest BCUT2D eigenvalue weighted by Crippen LogP contribution is 2.31. The van der Waals surface area contributed by atoms with Gasteiger partial charge in [-0.05, 0) is 38.5 Å². The maximum Gasteiger partial charge on any atom is 0.0695 e. The number of rotatable bonds is 3. The first kappa shape index (κ1) is 14.3. The van der Waals surface area contributed by atoms with Crippen LogP contribution in [0.2, 0.25) is 0 Å². The van der Waals surface area contributed by atoms with Gasteiger partial charge in [-0.2, -0.15) is 0 Å². The Hall–Kier alpha value is -0.120. The smallest absolute Gasteiger partial charge is 0.0695 e. The predicted octanol–water partition coefficient (Wildman–Crippen LogP) is 2.43. The van der Waals surface area contributed by atoms with Crippen molar-refractivity contribution in [3.05, 3.63) is 0 Å². The summed E-state index contributed by atoms with van der Waals surface area (Å²) in [5, 5.41) is 10.3. The predicted molar refractivity (Wildman–Crippen MR) is 73.6 cm³/mol. The van der Waals surface area contributed by atoms with E-state index in [4.69, 9.17) is 4.74 Å². The van der Waals surface area contributed by atoms with Crippen LogP contribution in [0, 0.1) is 5.92 Å². The van der Waals surface area contributed by atoms with Gasteiger partial charge in [0.25, 0.3) is 0 Å². The molecule has 1 aliphatic heterocycles. The summed E-state index contributed by atoms with van der Waals surface area (Å²) in [5.74, 6) is 0.822. The van der Waals surface area contributed by atoms with Crippen molar-refractivity contribution in [2.24, 2.45) is 5.92 Å². The lowest BCUT2D eigenvalue weighted by atomic mass is 9.80. The Morgan fingerprint density at radius 3 is 2.94 bits per heavy atom. The zero-order valence-electron chi connectivity index (χ0n) is 12.0. The Morgan fingerprint density at radius 2 is 2.17 bits per heavy atom. The van der Waals surface area contributed by atoms with Gasteiger partial charge in [0, 0.05) is 25.7 Å². The van der Waals surface area contributed by atoms with Crippen LogP contribution in [0.4, 0.5) is 0 Å². The summed E-state index contributed by atoms with van der Waals surface area (Å²) in [6.45, 7) is 7.36. The SMILES string of the molecule is CCCC1CCC(O)C(N2CCCOC(C)C2)C1. The first-order chi connectivity index (χ1) is 8.70. The van der Waals surface area contributed by atoms with Gasteiger partial charge in [-0.25, -0.2) is 0 Å². The van der Waals surface area contributed by atoms with Crippen molar-refractivity contribution in [3.63, 3.8) is 0 Å². The fourth-order valence-electron chi connectivity index (χ4n) is 3.61. The molecule has 0 amide bonds. The lowest BCUT2D eigenvalue weighted by molar-refractivity contribution is -0.00971. The average Bonchev–Trinajstić information content (AvgIpc) is 2.57. The molecule has 2 aliphatic rings. The van der Waals surface area contributed by atoms with Gasteiger partial charge in [0.1, 0.15) is 0 Å². The van der Waals surface area contributed by atoms with Crippen LogP contribution in [0.5, 0.6) is 0 Å². The van der Waals surface area contributed by atoms with Gasteiger partial charge >= 0.3 is 0 Å². The number of hydrogen-bond acceptors (Lipinski definition) is 3. The molecule has 4 atom stereocenters. The van der Waals surface area contributed by atoms with Crippen LogP contribution < -0.4 is 0 Å². The van der Waals surface area contributed by atoms with Crippen LogP contribution >= 0.6 is 0 Å². The largest absolute Gasteiger partial charge is 0.391 e. The molecule has 106 valence electrons. The Bertz CT molecular complexity index is 247. The molecule has 2 fully saturated rings. The second kappa shape index (κ2) is 6.88. The van der Waals surface area contributed by atoms with E-state index >= 15 is 0 Å². The van der Waals surface area contributed by atoms with Gasteiger partial charge in [-0.3, -0.25) is 4.90 Å². The monoisotopic (exact) mass is 255 g/mol. The van der Waals surface area contributed by atoms with E-state index in [0.717, 1.165) is 38.5 Å². The van der Waals surface area contributed by atoms with E-state index in [1.54, 1.807) is 0 Å². The zero-order chi connectivity index (χ0) is 13.0. The third kappa shape index (κ3) is 3.69. The normalized spacial score (nSPS) is 39.5. The molecule has 2 rings (SSSR count). The zero-order valence-corrected chi connectivity index (χ0v) is 12.0. The van der Waals surface area contributed by atoms with Gasteiger partial charge in [-0.15, -0.1) is 0 Å². The standard InChI is InChI=1S/C15H29NO2/c1-3-5-13-6-7-15(17)14(10-13)16-8-4-9-18-12(2)11-16/h12-15,17H,3-11H2,1-2H3.